The first kappa shape index (κ1) is 19.6. The van der Waals surface area contributed by atoms with Gasteiger partial charge >= 0.3 is 0 Å². The van der Waals surface area contributed by atoms with Crippen LogP contribution in [0.4, 0.5) is 5.69 Å². The Hall–Kier alpha value is -3.13. The highest BCUT2D eigenvalue weighted by molar-refractivity contribution is 5.54. The summed E-state index contributed by atoms with van der Waals surface area (Å²) in [6, 6.07) is 9.87. The highest BCUT2D eigenvalue weighted by Gasteiger charge is 2.42. The molecule has 0 spiro atoms. The number of fused-ring (bicyclic) bond motifs is 1. The number of non-ortho nitro benzene ring substituents is 1. The Morgan fingerprint density at radius 2 is 1.82 bits per heavy atom. The number of hydrogen-bond acceptors (Lipinski definition) is 7. The van der Waals surface area contributed by atoms with Crippen LogP contribution in [0.5, 0.6) is 11.5 Å². The zero-order chi connectivity index (χ0) is 20.3. The summed E-state index contributed by atoms with van der Waals surface area (Å²) in [5, 5.41) is 10.9. The van der Waals surface area contributed by atoms with Crippen LogP contribution in [0.3, 0.4) is 0 Å². The molecule has 8 heteroatoms. The Kier molecular flexibility index (Phi) is 5.51. The van der Waals surface area contributed by atoms with Crippen molar-refractivity contribution in [1.29, 1.82) is 0 Å². The molecule has 0 radical (unpaired) electrons. The fourth-order valence-corrected chi connectivity index (χ4v) is 3.70. The van der Waals surface area contributed by atoms with Gasteiger partial charge in [-0.1, -0.05) is 12.1 Å². The third-order valence-electron chi connectivity index (χ3n) is 4.86. The molecule has 0 bridgehead atoms. The van der Waals surface area contributed by atoms with Crippen LogP contribution < -0.4 is 9.47 Å². The summed E-state index contributed by atoms with van der Waals surface area (Å²) in [4.78, 5) is 21.4. The second kappa shape index (κ2) is 7.85. The first-order chi connectivity index (χ1) is 13.4. The lowest BCUT2D eigenvalue weighted by Gasteiger charge is -2.40. The minimum atomic E-state index is -0.905. The van der Waals surface area contributed by atoms with E-state index >= 15 is 0 Å². The molecule has 0 unspecified atom stereocenters. The van der Waals surface area contributed by atoms with Crippen LogP contribution in [0.2, 0.25) is 0 Å². The summed E-state index contributed by atoms with van der Waals surface area (Å²) in [6.07, 6.45) is -0.0704. The van der Waals surface area contributed by atoms with Crippen LogP contribution in [0.1, 0.15) is 23.6 Å². The van der Waals surface area contributed by atoms with Gasteiger partial charge in [0.2, 0.25) is 6.29 Å². The van der Waals surface area contributed by atoms with Gasteiger partial charge in [-0.25, -0.2) is 0 Å². The molecule has 0 saturated carbocycles. The molecule has 2 atom stereocenters. The minimum Gasteiger partial charge on any atom is -0.496 e. The maximum atomic E-state index is 10.9. The van der Waals surface area contributed by atoms with E-state index in [4.69, 9.17) is 18.9 Å². The summed E-state index contributed by atoms with van der Waals surface area (Å²) >= 11 is 0. The van der Waals surface area contributed by atoms with Gasteiger partial charge in [0, 0.05) is 36.1 Å². The third kappa shape index (κ3) is 3.63. The number of rotatable bonds is 7. The fraction of sp³-hybridized carbons (Fsp3) is 0.350. The molecule has 0 amide bonds. The first-order valence-corrected chi connectivity index (χ1v) is 8.66. The van der Waals surface area contributed by atoms with Gasteiger partial charge in [0.05, 0.1) is 19.1 Å². The normalized spacial score (nSPS) is 20.8. The van der Waals surface area contributed by atoms with Gasteiger partial charge in [-0.3, -0.25) is 14.9 Å². The first-order valence-electron chi connectivity index (χ1n) is 8.66. The smallest absolute Gasteiger partial charge is 0.295 e. The molecule has 0 fully saturated rings. The van der Waals surface area contributed by atoms with Crippen molar-refractivity contribution in [3.63, 3.8) is 0 Å². The predicted molar refractivity (Wildman–Crippen MR) is 99.4 cm³/mol. The summed E-state index contributed by atoms with van der Waals surface area (Å²) in [5.74, 6) is 1.28. The molecule has 0 aromatic heterocycles. The van der Waals surface area contributed by atoms with Crippen molar-refractivity contribution >= 4 is 12.2 Å². The van der Waals surface area contributed by atoms with Crippen LogP contribution in [-0.2, 0) is 32.7 Å². The number of carbonyl (C=O) groups is 1. The van der Waals surface area contributed by atoms with Gasteiger partial charge in [-0.05, 0) is 24.6 Å². The van der Waals surface area contributed by atoms with Crippen molar-refractivity contribution in [2.45, 2.75) is 31.7 Å². The number of ether oxygens (including phenoxy) is 4. The van der Waals surface area contributed by atoms with E-state index in [9.17, 15) is 14.9 Å². The van der Waals surface area contributed by atoms with Gasteiger partial charge in [-0.15, -0.1) is 0 Å². The topological polar surface area (TPSA) is 97.1 Å². The molecule has 1 aliphatic rings. The van der Waals surface area contributed by atoms with Crippen LogP contribution in [0.25, 0.3) is 0 Å². The van der Waals surface area contributed by atoms with Gasteiger partial charge in [0.25, 0.3) is 12.2 Å². The van der Waals surface area contributed by atoms with Gasteiger partial charge in [0.15, 0.2) is 0 Å². The summed E-state index contributed by atoms with van der Waals surface area (Å²) in [7, 11) is 3.14. The van der Waals surface area contributed by atoms with Crippen molar-refractivity contribution in [3.8, 4) is 11.5 Å². The second-order valence-corrected chi connectivity index (χ2v) is 6.64. The number of hydrogen-bond donors (Lipinski definition) is 0. The second-order valence-electron chi connectivity index (χ2n) is 6.64. The molecule has 2 aromatic rings. The van der Waals surface area contributed by atoms with E-state index < -0.39 is 16.8 Å². The van der Waals surface area contributed by atoms with E-state index in [1.165, 1.54) is 12.1 Å². The summed E-state index contributed by atoms with van der Waals surface area (Å²) in [5.41, 5.74) is 1.58. The molecular formula is C20H21NO7. The quantitative estimate of drug-likeness (QED) is 0.409. The van der Waals surface area contributed by atoms with E-state index in [1.807, 2.05) is 6.92 Å². The summed E-state index contributed by atoms with van der Waals surface area (Å²) in [6.45, 7) is 2.23. The number of benzene rings is 2. The SMILES string of the molecule is COc1ccc(OC)c2c1C[C@H](OC=O)O[C@@]2(C)Cc1ccc([N+](=O)[O-])cc1. The van der Waals surface area contributed by atoms with Crippen molar-refractivity contribution in [2.75, 3.05) is 14.2 Å². The highest BCUT2D eigenvalue weighted by atomic mass is 16.7. The maximum Gasteiger partial charge on any atom is 0.295 e. The molecule has 3 rings (SSSR count). The van der Waals surface area contributed by atoms with Gasteiger partial charge < -0.3 is 18.9 Å². The molecule has 0 saturated heterocycles. The van der Waals surface area contributed by atoms with Crippen LogP contribution in [-0.4, -0.2) is 31.9 Å². The third-order valence-corrected chi connectivity index (χ3v) is 4.86. The molecule has 0 N–H and O–H groups in total. The lowest BCUT2D eigenvalue weighted by atomic mass is 9.81. The predicted octanol–water partition coefficient (Wildman–Crippen LogP) is 3.14. The summed E-state index contributed by atoms with van der Waals surface area (Å²) < 4.78 is 22.3. The standard InChI is InChI=1S/C20H21NO7/c1-20(11-13-4-6-14(7-5-13)21(23)24)19-15(10-18(28-20)27-12-22)16(25-2)8-9-17(19)26-3/h4-9,12,18H,10-11H2,1-3H3/t18-,20+/m1/s1. The molecule has 8 nitrogen and oxygen atoms in total. The number of carbonyl (C=O) groups excluding carboxylic acids is 1. The Balaban J connectivity index is 2.07. The molecule has 2 aromatic carbocycles. The Bertz CT molecular complexity index is 881. The molecule has 1 heterocycles. The van der Waals surface area contributed by atoms with Crippen LogP contribution in [0, 0.1) is 10.1 Å². The largest absolute Gasteiger partial charge is 0.496 e. The lowest BCUT2D eigenvalue weighted by Crippen LogP contribution is -2.41. The van der Waals surface area contributed by atoms with E-state index in [1.54, 1.807) is 38.5 Å². The molecular weight excluding hydrogens is 366 g/mol. The van der Waals surface area contributed by atoms with E-state index in [2.05, 4.69) is 0 Å². The number of nitro benzene ring substituents is 1. The monoisotopic (exact) mass is 387 g/mol. The minimum absolute atomic E-state index is 0.0141. The van der Waals surface area contributed by atoms with Crippen molar-refractivity contribution in [2.24, 2.45) is 0 Å². The van der Waals surface area contributed by atoms with Crippen LogP contribution in [0.15, 0.2) is 36.4 Å². The van der Waals surface area contributed by atoms with Crippen LogP contribution >= 0.6 is 0 Å². The van der Waals surface area contributed by atoms with E-state index in [0.717, 1.165) is 16.7 Å². The Morgan fingerprint density at radius 3 is 2.39 bits per heavy atom. The molecule has 148 valence electrons. The van der Waals surface area contributed by atoms with Gasteiger partial charge in [0.1, 0.15) is 17.1 Å². The Labute approximate surface area is 162 Å². The van der Waals surface area contributed by atoms with Gasteiger partial charge in [-0.2, -0.15) is 0 Å². The zero-order valence-electron chi connectivity index (χ0n) is 15.8. The van der Waals surface area contributed by atoms with Crippen molar-refractivity contribution in [1.82, 2.24) is 0 Å². The molecule has 1 aliphatic heterocycles. The highest BCUT2D eigenvalue weighted by Crippen LogP contribution is 2.46. The number of nitro groups is 1. The average Bonchev–Trinajstić information content (AvgIpc) is 2.67. The van der Waals surface area contributed by atoms with Crippen molar-refractivity contribution in [3.05, 3.63) is 63.2 Å². The number of nitrogens with zero attached hydrogens (tertiary/aromatic N) is 1. The maximum absolute atomic E-state index is 10.9. The molecule has 0 aliphatic carbocycles. The Morgan fingerprint density at radius 1 is 1.18 bits per heavy atom. The van der Waals surface area contributed by atoms with Crippen molar-refractivity contribution < 1.29 is 28.7 Å². The van der Waals surface area contributed by atoms with E-state index in [0.29, 0.717) is 30.8 Å². The lowest BCUT2D eigenvalue weighted by molar-refractivity contribution is -0.384. The fourth-order valence-electron chi connectivity index (χ4n) is 3.70. The van der Waals surface area contributed by atoms with E-state index in [-0.39, 0.29) is 5.69 Å². The number of methoxy groups -OCH3 is 2. The zero-order valence-corrected chi connectivity index (χ0v) is 15.8. The molecule has 28 heavy (non-hydrogen) atoms. The average molecular weight is 387 g/mol.